The van der Waals surface area contributed by atoms with Crippen LogP contribution in [-0.4, -0.2) is 57.9 Å². The molecule has 0 radical (unpaired) electrons. The molecule has 0 aromatic rings. The van der Waals surface area contributed by atoms with E-state index >= 15 is 0 Å². The van der Waals surface area contributed by atoms with E-state index in [0.717, 1.165) is 58.5 Å². The van der Waals surface area contributed by atoms with Crippen molar-refractivity contribution in [1.29, 1.82) is 0 Å². The topological polar surface area (TPSA) is 58.6 Å². The van der Waals surface area contributed by atoms with Gasteiger partial charge in [-0.15, -0.1) is 12.4 Å². The van der Waals surface area contributed by atoms with Crippen molar-refractivity contribution in [1.82, 2.24) is 9.62 Å². The van der Waals surface area contributed by atoms with E-state index in [1.165, 1.54) is 0 Å². The maximum Gasteiger partial charge on any atom is 0.214 e. The largest absolute Gasteiger partial charge is 0.381 e. The quantitative estimate of drug-likeness (QED) is 0.836. The third-order valence-corrected chi connectivity index (χ3v) is 6.92. The van der Waals surface area contributed by atoms with Gasteiger partial charge in [-0.05, 0) is 50.1 Å². The first kappa shape index (κ1) is 16.5. The summed E-state index contributed by atoms with van der Waals surface area (Å²) < 4.78 is 32.0. The van der Waals surface area contributed by atoms with Gasteiger partial charge in [0.25, 0.3) is 0 Å². The first-order valence-corrected chi connectivity index (χ1v) is 8.97. The summed E-state index contributed by atoms with van der Waals surface area (Å²) in [6, 6.07) is 0. The first-order valence-electron chi connectivity index (χ1n) is 7.36. The van der Waals surface area contributed by atoms with E-state index in [2.05, 4.69) is 5.32 Å². The van der Waals surface area contributed by atoms with Crippen LogP contribution in [0.2, 0.25) is 0 Å². The van der Waals surface area contributed by atoms with E-state index in [0.29, 0.717) is 6.61 Å². The van der Waals surface area contributed by atoms with Gasteiger partial charge in [0.1, 0.15) is 0 Å². The number of ether oxygens (including phenoxy) is 1. The third kappa shape index (κ3) is 3.47. The lowest BCUT2D eigenvalue weighted by molar-refractivity contribution is 0.188. The molecule has 3 saturated heterocycles. The number of hydrogen-bond acceptors (Lipinski definition) is 4. The zero-order valence-corrected chi connectivity index (χ0v) is 13.5. The Morgan fingerprint density at radius 2 is 2.00 bits per heavy atom. The summed E-state index contributed by atoms with van der Waals surface area (Å²) >= 11 is 0. The van der Waals surface area contributed by atoms with Gasteiger partial charge in [0.15, 0.2) is 0 Å². The first-order chi connectivity index (χ1) is 9.10. The highest BCUT2D eigenvalue weighted by Gasteiger charge is 2.43. The van der Waals surface area contributed by atoms with Gasteiger partial charge in [-0.3, -0.25) is 0 Å². The molecule has 5 nitrogen and oxygen atoms in total. The Morgan fingerprint density at radius 1 is 1.25 bits per heavy atom. The smallest absolute Gasteiger partial charge is 0.214 e. The van der Waals surface area contributed by atoms with Crippen LogP contribution in [0.3, 0.4) is 0 Å². The standard InChI is InChI=1S/C13H24N2O3S.ClH/c16-19(17,10-12-1-8-18-9-12)15-7-4-13(11-15)2-5-14-6-3-13;/h12,14H,1-11H2;1H. The van der Waals surface area contributed by atoms with E-state index in [4.69, 9.17) is 4.74 Å². The monoisotopic (exact) mass is 324 g/mol. The molecule has 3 fully saturated rings. The second-order valence-electron chi connectivity index (χ2n) is 6.34. The molecule has 3 aliphatic rings. The molecule has 118 valence electrons. The molecular weight excluding hydrogens is 300 g/mol. The molecule has 3 rings (SSSR count). The molecule has 1 N–H and O–H groups in total. The predicted octanol–water partition coefficient (Wildman–Crippen LogP) is 0.850. The van der Waals surface area contributed by atoms with Crippen molar-refractivity contribution in [2.45, 2.75) is 25.7 Å². The zero-order chi connectivity index (χ0) is 13.3. The Hall–Kier alpha value is 0.120. The van der Waals surface area contributed by atoms with E-state index in [-0.39, 0.29) is 29.5 Å². The average Bonchev–Trinajstić information content (AvgIpc) is 3.01. The summed E-state index contributed by atoms with van der Waals surface area (Å²) in [6.45, 7) is 4.85. The van der Waals surface area contributed by atoms with Crippen molar-refractivity contribution in [3.63, 3.8) is 0 Å². The molecule has 0 aliphatic carbocycles. The molecule has 0 aromatic heterocycles. The molecule has 20 heavy (non-hydrogen) atoms. The van der Waals surface area contributed by atoms with Crippen LogP contribution in [-0.2, 0) is 14.8 Å². The van der Waals surface area contributed by atoms with Gasteiger partial charge in [0.2, 0.25) is 10.0 Å². The van der Waals surface area contributed by atoms with Crippen molar-refractivity contribution >= 4 is 22.4 Å². The van der Waals surface area contributed by atoms with Crippen molar-refractivity contribution < 1.29 is 13.2 Å². The minimum Gasteiger partial charge on any atom is -0.381 e. The molecular formula is C13H25ClN2O3S. The summed E-state index contributed by atoms with van der Waals surface area (Å²) in [5.74, 6) is 0.482. The van der Waals surface area contributed by atoms with E-state index in [9.17, 15) is 8.42 Å². The lowest BCUT2D eigenvalue weighted by Crippen LogP contribution is -2.40. The number of piperidine rings is 1. The minimum atomic E-state index is -3.09. The summed E-state index contributed by atoms with van der Waals surface area (Å²) in [6.07, 6.45) is 4.16. The molecule has 0 amide bonds. The van der Waals surface area contributed by atoms with Gasteiger partial charge in [-0.2, -0.15) is 0 Å². The fraction of sp³-hybridized carbons (Fsp3) is 1.00. The van der Waals surface area contributed by atoms with Crippen LogP contribution in [0.5, 0.6) is 0 Å². The van der Waals surface area contributed by atoms with Crippen LogP contribution < -0.4 is 5.32 Å². The second-order valence-corrected chi connectivity index (χ2v) is 8.36. The van der Waals surface area contributed by atoms with E-state index in [1.807, 2.05) is 0 Å². The summed E-state index contributed by atoms with van der Waals surface area (Å²) in [7, 11) is -3.09. The summed E-state index contributed by atoms with van der Waals surface area (Å²) in [5.41, 5.74) is 0.254. The van der Waals surface area contributed by atoms with Crippen LogP contribution in [0.1, 0.15) is 25.7 Å². The van der Waals surface area contributed by atoms with Crippen molar-refractivity contribution in [2.75, 3.05) is 45.1 Å². The minimum absolute atomic E-state index is 0. The highest BCUT2D eigenvalue weighted by Crippen LogP contribution is 2.39. The molecule has 1 unspecified atom stereocenters. The highest BCUT2D eigenvalue weighted by molar-refractivity contribution is 7.89. The number of halogens is 1. The molecule has 1 spiro atoms. The SMILES string of the molecule is Cl.O=S(=O)(CC1CCOC1)N1CCC2(CCNCC2)C1. The Balaban J connectivity index is 0.00000147. The Morgan fingerprint density at radius 3 is 2.65 bits per heavy atom. The van der Waals surface area contributed by atoms with E-state index < -0.39 is 10.0 Å². The van der Waals surface area contributed by atoms with Gasteiger partial charge < -0.3 is 10.1 Å². The number of hydrogen-bond donors (Lipinski definition) is 1. The van der Waals surface area contributed by atoms with Crippen LogP contribution in [0.4, 0.5) is 0 Å². The number of nitrogens with zero attached hydrogens (tertiary/aromatic N) is 1. The van der Waals surface area contributed by atoms with Crippen LogP contribution in [0, 0.1) is 11.3 Å². The summed E-state index contributed by atoms with van der Waals surface area (Å²) in [4.78, 5) is 0. The fourth-order valence-electron chi connectivity index (χ4n) is 3.61. The van der Waals surface area contributed by atoms with Crippen molar-refractivity contribution in [3.8, 4) is 0 Å². The molecule has 1 atom stereocenters. The van der Waals surface area contributed by atoms with Crippen molar-refractivity contribution in [3.05, 3.63) is 0 Å². The van der Waals surface area contributed by atoms with Gasteiger partial charge in [0.05, 0.1) is 12.4 Å². The Bertz CT molecular complexity index is 417. The lowest BCUT2D eigenvalue weighted by Gasteiger charge is -2.33. The number of sulfonamides is 1. The molecule has 7 heteroatoms. The van der Waals surface area contributed by atoms with Gasteiger partial charge in [0, 0.05) is 19.7 Å². The van der Waals surface area contributed by atoms with Crippen LogP contribution in [0.15, 0.2) is 0 Å². The number of nitrogens with one attached hydrogen (secondary N) is 1. The average molecular weight is 325 g/mol. The molecule has 0 saturated carbocycles. The molecule has 3 aliphatic heterocycles. The molecule has 0 aromatic carbocycles. The number of rotatable bonds is 3. The Labute approximate surface area is 127 Å². The van der Waals surface area contributed by atoms with E-state index in [1.54, 1.807) is 4.31 Å². The van der Waals surface area contributed by atoms with Gasteiger partial charge >= 0.3 is 0 Å². The Kier molecular flexibility index (Phi) is 5.34. The second kappa shape index (κ2) is 6.48. The fourth-order valence-corrected chi connectivity index (χ4v) is 5.52. The highest BCUT2D eigenvalue weighted by atomic mass is 35.5. The van der Waals surface area contributed by atoms with Gasteiger partial charge in [-0.25, -0.2) is 12.7 Å². The third-order valence-electron chi connectivity index (χ3n) is 4.93. The van der Waals surface area contributed by atoms with Gasteiger partial charge in [-0.1, -0.05) is 0 Å². The molecule has 0 bridgehead atoms. The normalized spacial score (nSPS) is 30.5. The lowest BCUT2D eigenvalue weighted by atomic mass is 9.78. The van der Waals surface area contributed by atoms with Crippen LogP contribution in [0.25, 0.3) is 0 Å². The van der Waals surface area contributed by atoms with Crippen LogP contribution >= 0.6 is 12.4 Å². The predicted molar refractivity (Wildman–Crippen MR) is 80.7 cm³/mol. The molecule has 3 heterocycles. The maximum atomic E-state index is 12.5. The maximum absolute atomic E-state index is 12.5. The van der Waals surface area contributed by atoms with Crippen molar-refractivity contribution in [2.24, 2.45) is 11.3 Å². The zero-order valence-electron chi connectivity index (χ0n) is 11.8. The summed E-state index contributed by atoms with van der Waals surface area (Å²) in [5, 5.41) is 3.36.